The van der Waals surface area contributed by atoms with Crippen LogP contribution in [0, 0.1) is 5.92 Å². The molecule has 1 aliphatic rings. The van der Waals surface area contributed by atoms with Gasteiger partial charge < -0.3 is 5.32 Å². The molecular weight excluding hydrogens is 282 g/mol. The van der Waals surface area contributed by atoms with Crippen molar-refractivity contribution in [2.24, 2.45) is 5.92 Å². The molecule has 15 heavy (non-hydrogen) atoms. The lowest BCUT2D eigenvalue weighted by Gasteiger charge is -2.09. The van der Waals surface area contributed by atoms with Crippen molar-refractivity contribution in [2.45, 2.75) is 24.6 Å². The van der Waals surface area contributed by atoms with E-state index in [1.54, 1.807) is 0 Å². The highest BCUT2D eigenvalue weighted by Crippen LogP contribution is 2.18. The lowest BCUT2D eigenvalue weighted by molar-refractivity contribution is -0.124. The summed E-state index contributed by atoms with van der Waals surface area (Å²) in [6, 6.07) is 0. The van der Waals surface area contributed by atoms with E-state index in [1.807, 2.05) is 6.92 Å². The summed E-state index contributed by atoms with van der Waals surface area (Å²) in [5, 5.41) is 2.76. The van der Waals surface area contributed by atoms with E-state index in [-0.39, 0.29) is 23.3 Å². The number of amides is 1. The van der Waals surface area contributed by atoms with Crippen LogP contribution in [0.1, 0.15) is 19.8 Å². The highest BCUT2D eigenvalue weighted by molar-refractivity contribution is 9.09. The van der Waals surface area contributed by atoms with Gasteiger partial charge in [0, 0.05) is 11.4 Å². The van der Waals surface area contributed by atoms with Crippen LogP contribution in [0.4, 0.5) is 0 Å². The van der Waals surface area contributed by atoms with Crippen LogP contribution in [0.25, 0.3) is 0 Å². The maximum Gasteiger partial charge on any atom is 0.224 e. The minimum Gasteiger partial charge on any atom is -0.356 e. The Labute approximate surface area is 98.9 Å². The molecule has 1 N–H and O–H groups in total. The number of halogens is 1. The van der Waals surface area contributed by atoms with Crippen molar-refractivity contribution < 1.29 is 13.2 Å². The Morgan fingerprint density at radius 2 is 2.27 bits per heavy atom. The molecular formula is C9H16BrNO3S. The fourth-order valence-corrected chi connectivity index (χ4v) is 3.51. The SMILES string of the molecule is CC(Br)CCNC(=O)C1CCS(=O)(=O)C1. The topological polar surface area (TPSA) is 63.2 Å². The molecule has 1 rings (SSSR count). The first kappa shape index (κ1) is 13.0. The molecule has 1 saturated heterocycles. The number of carbonyl (C=O) groups excluding carboxylic acids is 1. The number of alkyl halides is 1. The van der Waals surface area contributed by atoms with Crippen molar-refractivity contribution in [2.75, 3.05) is 18.1 Å². The lowest BCUT2D eigenvalue weighted by atomic mass is 10.1. The molecule has 1 heterocycles. The number of hydrogen-bond acceptors (Lipinski definition) is 3. The highest BCUT2D eigenvalue weighted by atomic mass is 79.9. The third kappa shape index (κ3) is 4.51. The molecule has 88 valence electrons. The molecule has 0 aromatic heterocycles. The molecule has 0 radical (unpaired) electrons. The Bertz CT molecular complexity index is 326. The van der Waals surface area contributed by atoms with Crippen LogP contribution >= 0.6 is 15.9 Å². The van der Waals surface area contributed by atoms with Gasteiger partial charge in [0.2, 0.25) is 5.91 Å². The largest absolute Gasteiger partial charge is 0.356 e. The molecule has 1 fully saturated rings. The van der Waals surface area contributed by atoms with Crippen LogP contribution in [0.2, 0.25) is 0 Å². The van der Waals surface area contributed by atoms with Gasteiger partial charge in [-0.2, -0.15) is 0 Å². The minimum absolute atomic E-state index is 0.0166. The van der Waals surface area contributed by atoms with E-state index in [4.69, 9.17) is 0 Å². The number of rotatable bonds is 4. The molecule has 1 amide bonds. The standard InChI is InChI=1S/C9H16BrNO3S/c1-7(10)2-4-11-9(12)8-3-5-15(13,14)6-8/h7-8H,2-6H2,1H3,(H,11,12). The second-order valence-corrected chi connectivity index (χ2v) is 7.75. The van der Waals surface area contributed by atoms with Crippen LogP contribution < -0.4 is 5.32 Å². The van der Waals surface area contributed by atoms with Gasteiger partial charge in [0.25, 0.3) is 0 Å². The molecule has 6 heteroatoms. The average Bonchev–Trinajstić information content (AvgIpc) is 2.45. The van der Waals surface area contributed by atoms with E-state index in [9.17, 15) is 13.2 Å². The van der Waals surface area contributed by atoms with Gasteiger partial charge in [0.05, 0.1) is 17.4 Å². The van der Waals surface area contributed by atoms with Crippen LogP contribution in [-0.2, 0) is 14.6 Å². The van der Waals surface area contributed by atoms with Gasteiger partial charge in [-0.3, -0.25) is 4.79 Å². The Kier molecular flexibility index (Phi) is 4.58. The van der Waals surface area contributed by atoms with Crippen molar-refractivity contribution in [3.63, 3.8) is 0 Å². The molecule has 0 saturated carbocycles. The van der Waals surface area contributed by atoms with E-state index >= 15 is 0 Å². The predicted molar refractivity (Wildman–Crippen MR) is 62.8 cm³/mol. The Morgan fingerprint density at radius 1 is 1.60 bits per heavy atom. The first-order chi connectivity index (χ1) is 6.91. The lowest BCUT2D eigenvalue weighted by Crippen LogP contribution is -2.32. The third-order valence-corrected chi connectivity index (χ3v) is 4.67. The minimum atomic E-state index is -2.95. The zero-order chi connectivity index (χ0) is 11.5. The first-order valence-corrected chi connectivity index (χ1v) is 7.76. The molecule has 2 atom stereocenters. The molecule has 0 aliphatic carbocycles. The van der Waals surface area contributed by atoms with Gasteiger partial charge in [-0.1, -0.05) is 22.9 Å². The van der Waals surface area contributed by atoms with Gasteiger partial charge >= 0.3 is 0 Å². The van der Waals surface area contributed by atoms with Gasteiger partial charge in [-0.15, -0.1) is 0 Å². The molecule has 2 unspecified atom stereocenters. The second-order valence-electron chi connectivity index (χ2n) is 3.96. The van der Waals surface area contributed by atoms with E-state index in [0.717, 1.165) is 6.42 Å². The molecule has 0 spiro atoms. The smallest absolute Gasteiger partial charge is 0.224 e. The summed E-state index contributed by atoms with van der Waals surface area (Å²) in [5.41, 5.74) is 0. The van der Waals surface area contributed by atoms with Crippen molar-refractivity contribution in [3.8, 4) is 0 Å². The molecule has 0 bridgehead atoms. The van der Waals surface area contributed by atoms with E-state index < -0.39 is 9.84 Å². The summed E-state index contributed by atoms with van der Waals surface area (Å²) in [7, 11) is -2.95. The second kappa shape index (κ2) is 5.30. The van der Waals surface area contributed by atoms with Crippen LogP contribution in [0.15, 0.2) is 0 Å². The fraction of sp³-hybridized carbons (Fsp3) is 0.889. The van der Waals surface area contributed by atoms with Crippen LogP contribution in [0.3, 0.4) is 0 Å². The zero-order valence-corrected chi connectivity index (χ0v) is 11.1. The number of hydrogen-bond donors (Lipinski definition) is 1. The highest BCUT2D eigenvalue weighted by Gasteiger charge is 2.32. The van der Waals surface area contributed by atoms with E-state index in [0.29, 0.717) is 17.8 Å². The zero-order valence-electron chi connectivity index (χ0n) is 8.70. The predicted octanol–water partition coefficient (Wildman–Crippen LogP) is 0.711. The number of nitrogens with one attached hydrogen (secondary N) is 1. The molecule has 4 nitrogen and oxygen atoms in total. The quantitative estimate of drug-likeness (QED) is 0.778. The van der Waals surface area contributed by atoms with Crippen LogP contribution in [-0.4, -0.2) is 37.2 Å². The maximum atomic E-state index is 11.5. The van der Waals surface area contributed by atoms with Crippen molar-refractivity contribution in [3.05, 3.63) is 0 Å². The monoisotopic (exact) mass is 297 g/mol. The van der Waals surface area contributed by atoms with Crippen molar-refractivity contribution in [1.82, 2.24) is 5.32 Å². The van der Waals surface area contributed by atoms with Gasteiger partial charge in [-0.25, -0.2) is 8.42 Å². The van der Waals surface area contributed by atoms with Crippen molar-refractivity contribution in [1.29, 1.82) is 0 Å². The molecule has 1 aliphatic heterocycles. The Morgan fingerprint density at radius 3 is 2.73 bits per heavy atom. The van der Waals surface area contributed by atoms with E-state index in [2.05, 4.69) is 21.2 Å². The summed E-state index contributed by atoms with van der Waals surface area (Å²) in [4.78, 5) is 11.9. The first-order valence-electron chi connectivity index (χ1n) is 5.03. The summed E-state index contributed by atoms with van der Waals surface area (Å²) in [5.74, 6) is -0.285. The number of carbonyl (C=O) groups is 1. The average molecular weight is 298 g/mol. The Hall–Kier alpha value is -0.100. The van der Waals surface area contributed by atoms with E-state index in [1.165, 1.54) is 0 Å². The van der Waals surface area contributed by atoms with Crippen molar-refractivity contribution >= 4 is 31.7 Å². The number of sulfone groups is 1. The molecule has 0 aromatic carbocycles. The van der Waals surface area contributed by atoms with Gasteiger partial charge in [0.1, 0.15) is 0 Å². The summed E-state index contributed by atoms with van der Waals surface area (Å²) in [6.07, 6.45) is 1.32. The van der Waals surface area contributed by atoms with Gasteiger partial charge in [-0.05, 0) is 12.8 Å². The molecule has 0 aromatic rings. The normalized spacial score (nSPS) is 26.1. The summed E-state index contributed by atoms with van der Waals surface area (Å²) >= 11 is 3.38. The van der Waals surface area contributed by atoms with Gasteiger partial charge in [0.15, 0.2) is 9.84 Å². The fourth-order valence-electron chi connectivity index (χ4n) is 1.54. The maximum absolute atomic E-state index is 11.5. The summed E-state index contributed by atoms with van der Waals surface area (Å²) < 4.78 is 22.3. The third-order valence-electron chi connectivity index (χ3n) is 2.44. The van der Waals surface area contributed by atoms with Crippen LogP contribution in [0.5, 0.6) is 0 Å². The Balaban J connectivity index is 2.30. The summed E-state index contributed by atoms with van der Waals surface area (Å²) in [6.45, 7) is 2.61.